The van der Waals surface area contributed by atoms with Crippen LogP contribution >= 0.6 is 0 Å². The van der Waals surface area contributed by atoms with Crippen LogP contribution in [0.5, 0.6) is 0 Å². The number of hydrogen-bond acceptors (Lipinski definition) is 4. The van der Waals surface area contributed by atoms with Crippen molar-refractivity contribution in [2.45, 2.75) is 297 Å². The molecular formula is C48H94O4. The molecule has 0 spiro atoms. The molecule has 0 bridgehead atoms. The number of unbranched alkanes of at least 4 members (excludes halogenated alkanes) is 24. The molecule has 0 heterocycles. The Balaban J connectivity index is 5.70. The third kappa shape index (κ3) is 29.3. The number of ether oxygens (including phenoxy) is 2. The zero-order chi connectivity index (χ0) is 38.4. The molecule has 0 radical (unpaired) electrons. The molecule has 4 nitrogen and oxygen atoms in total. The SMILES string of the molecule is CCCCCCCCCC(CCCCCC)(CCCCCC)OC(=O)CCC(=O)OC(CCCCCC)(CCCCCC)CCCCCCCCC. The van der Waals surface area contributed by atoms with Crippen LogP contribution in [-0.2, 0) is 19.1 Å². The van der Waals surface area contributed by atoms with Gasteiger partial charge >= 0.3 is 11.9 Å². The lowest BCUT2D eigenvalue weighted by Gasteiger charge is -2.35. The minimum absolute atomic E-state index is 0.140. The topological polar surface area (TPSA) is 52.6 Å². The molecular weight excluding hydrogens is 641 g/mol. The molecule has 0 aliphatic heterocycles. The van der Waals surface area contributed by atoms with Crippen molar-refractivity contribution in [3.63, 3.8) is 0 Å². The summed E-state index contributed by atoms with van der Waals surface area (Å²) in [5.41, 5.74) is -0.767. The molecule has 0 N–H and O–H groups in total. The highest BCUT2D eigenvalue weighted by Crippen LogP contribution is 2.35. The van der Waals surface area contributed by atoms with Gasteiger partial charge < -0.3 is 9.47 Å². The Hall–Kier alpha value is -1.06. The van der Waals surface area contributed by atoms with Gasteiger partial charge in [0.25, 0.3) is 0 Å². The van der Waals surface area contributed by atoms with E-state index >= 15 is 0 Å². The first-order valence-corrected chi connectivity index (χ1v) is 23.8. The van der Waals surface area contributed by atoms with Crippen LogP contribution < -0.4 is 0 Å². The van der Waals surface area contributed by atoms with Crippen LogP contribution in [0.3, 0.4) is 0 Å². The molecule has 0 rings (SSSR count). The van der Waals surface area contributed by atoms with Crippen LogP contribution in [0.1, 0.15) is 286 Å². The Bertz CT molecular complexity index is 688. The summed E-state index contributed by atoms with van der Waals surface area (Å²) in [5.74, 6) is -0.371. The molecule has 0 aromatic carbocycles. The largest absolute Gasteiger partial charge is 0.459 e. The lowest BCUT2D eigenvalue weighted by atomic mass is 9.84. The van der Waals surface area contributed by atoms with Crippen LogP contribution in [0.15, 0.2) is 0 Å². The molecule has 0 unspecified atom stereocenters. The van der Waals surface area contributed by atoms with E-state index in [0.29, 0.717) is 0 Å². The molecule has 0 aliphatic carbocycles. The zero-order valence-corrected chi connectivity index (χ0v) is 36.5. The molecule has 0 amide bonds. The average molecular weight is 735 g/mol. The second-order valence-corrected chi connectivity index (χ2v) is 16.8. The van der Waals surface area contributed by atoms with Crippen LogP contribution in [0.2, 0.25) is 0 Å². The standard InChI is InChI=1S/C48H94O4/c1-7-13-19-25-27-29-35-43-47(39-31-21-15-9-3,40-32-22-16-10-4)51-45(49)37-38-46(50)52-48(41-33-23-17-11-5,42-34-24-18-12-6)44-36-30-28-26-20-14-8-2/h7-44H2,1-6H3. The molecule has 52 heavy (non-hydrogen) atoms. The van der Waals surface area contributed by atoms with Gasteiger partial charge in [-0.05, 0) is 77.0 Å². The van der Waals surface area contributed by atoms with Crippen molar-refractivity contribution in [3.05, 3.63) is 0 Å². The van der Waals surface area contributed by atoms with Crippen LogP contribution in [0.4, 0.5) is 0 Å². The summed E-state index contributed by atoms with van der Waals surface area (Å²) >= 11 is 0. The van der Waals surface area contributed by atoms with Gasteiger partial charge in [0.1, 0.15) is 11.2 Å². The first-order valence-electron chi connectivity index (χ1n) is 23.8. The van der Waals surface area contributed by atoms with Gasteiger partial charge in [0.15, 0.2) is 0 Å². The molecule has 0 saturated carbocycles. The van der Waals surface area contributed by atoms with Gasteiger partial charge in [-0.2, -0.15) is 0 Å². The minimum Gasteiger partial charge on any atom is -0.459 e. The van der Waals surface area contributed by atoms with E-state index in [1.807, 2.05) is 0 Å². The van der Waals surface area contributed by atoms with Gasteiger partial charge in [-0.25, -0.2) is 0 Å². The van der Waals surface area contributed by atoms with E-state index in [9.17, 15) is 9.59 Å². The van der Waals surface area contributed by atoms with E-state index in [4.69, 9.17) is 9.47 Å². The summed E-state index contributed by atoms with van der Waals surface area (Å²) in [4.78, 5) is 27.4. The number of hydrogen-bond donors (Lipinski definition) is 0. The summed E-state index contributed by atoms with van der Waals surface area (Å²) in [5, 5.41) is 0. The lowest BCUT2D eigenvalue weighted by molar-refractivity contribution is -0.170. The molecule has 0 atom stereocenters. The maximum atomic E-state index is 13.7. The van der Waals surface area contributed by atoms with Gasteiger partial charge in [-0.1, -0.05) is 196 Å². The molecule has 0 aromatic rings. The predicted octanol–water partition coefficient (Wildman–Crippen LogP) is 16.5. The smallest absolute Gasteiger partial charge is 0.306 e. The van der Waals surface area contributed by atoms with Crippen molar-refractivity contribution >= 4 is 11.9 Å². The predicted molar refractivity (Wildman–Crippen MR) is 227 cm³/mol. The van der Waals surface area contributed by atoms with Crippen molar-refractivity contribution in [3.8, 4) is 0 Å². The Labute approximate surface area is 326 Å². The van der Waals surface area contributed by atoms with Gasteiger partial charge in [-0.15, -0.1) is 0 Å². The van der Waals surface area contributed by atoms with Crippen molar-refractivity contribution in [2.24, 2.45) is 0 Å². The second-order valence-electron chi connectivity index (χ2n) is 16.8. The number of rotatable bonds is 41. The van der Waals surface area contributed by atoms with Crippen LogP contribution in [-0.4, -0.2) is 23.1 Å². The van der Waals surface area contributed by atoms with E-state index in [1.54, 1.807) is 0 Å². The highest BCUT2D eigenvalue weighted by atomic mass is 16.6. The van der Waals surface area contributed by atoms with E-state index in [-0.39, 0.29) is 36.0 Å². The summed E-state index contributed by atoms with van der Waals surface area (Å²) in [6, 6.07) is 0. The summed E-state index contributed by atoms with van der Waals surface area (Å²) < 4.78 is 13.2. The zero-order valence-electron chi connectivity index (χ0n) is 36.5. The quantitative estimate of drug-likeness (QED) is 0.0463. The maximum Gasteiger partial charge on any atom is 0.306 e. The van der Waals surface area contributed by atoms with Gasteiger partial charge in [0.2, 0.25) is 0 Å². The van der Waals surface area contributed by atoms with Gasteiger partial charge in [0.05, 0.1) is 12.8 Å². The van der Waals surface area contributed by atoms with E-state index in [1.165, 1.54) is 154 Å². The third-order valence-corrected chi connectivity index (χ3v) is 11.6. The lowest BCUT2D eigenvalue weighted by Crippen LogP contribution is -2.37. The van der Waals surface area contributed by atoms with Crippen molar-refractivity contribution < 1.29 is 19.1 Å². The van der Waals surface area contributed by atoms with Gasteiger partial charge in [-0.3, -0.25) is 9.59 Å². The Kier molecular flexibility index (Phi) is 36.1. The number of carbonyl (C=O) groups excluding carboxylic acids is 2. The minimum atomic E-state index is -0.384. The highest BCUT2D eigenvalue weighted by molar-refractivity contribution is 5.78. The third-order valence-electron chi connectivity index (χ3n) is 11.6. The maximum absolute atomic E-state index is 13.7. The Morgan fingerprint density at radius 2 is 0.462 bits per heavy atom. The van der Waals surface area contributed by atoms with E-state index in [2.05, 4.69) is 41.5 Å². The molecule has 0 aromatic heterocycles. The monoisotopic (exact) mass is 735 g/mol. The first kappa shape index (κ1) is 50.9. The molecule has 310 valence electrons. The fraction of sp³-hybridized carbons (Fsp3) is 0.958. The second kappa shape index (κ2) is 36.9. The van der Waals surface area contributed by atoms with Crippen molar-refractivity contribution in [1.82, 2.24) is 0 Å². The fourth-order valence-corrected chi connectivity index (χ4v) is 8.15. The normalized spacial score (nSPS) is 12.0. The number of esters is 2. The van der Waals surface area contributed by atoms with Crippen LogP contribution in [0.25, 0.3) is 0 Å². The summed E-state index contributed by atoms with van der Waals surface area (Å²) in [6.07, 6.45) is 42.8. The fourth-order valence-electron chi connectivity index (χ4n) is 8.15. The molecule has 0 saturated heterocycles. The van der Waals surface area contributed by atoms with E-state index < -0.39 is 0 Å². The van der Waals surface area contributed by atoms with Crippen LogP contribution in [0, 0.1) is 0 Å². The molecule has 0 fully saturated rings. The Morgan fingerprint density at radius 3 is 0.673 bits per heavy atom. The average Bonchev–Trinajstić information content (AvgIpc) is 3.14. The summed E-state index contributed by atoms with van der Waals surface area (Å²) in [6.45, 7) is 13.6. The van der Waals surface area contributed by atoms with Crippen molar-refractivity contribution in [1.29, 1.82) is 0 Å². The molecule has 0 aliphatic rings. The summed E-state index contributed by atoms with van der Waals surface area (Å²) in [7, 11) is 0. The molecule has 4 heteroatoms. The highest BCUT2D eigenvalue weighted by Gasteiger charge is 2.35. The number of carbonyl (C=O) groups is 2. The van der Waals surface area contributed by atoms with Crippen molar-refractivity contribution in [2.75, 3.05) is 0 Å². The first-order chi connectivity index (χ1) is 25.4. The van der Waals surface area contributed by atoms with Gasteiger partial charge in [0, 0.05) is 0 Å². The Morgan fingerprint density at radius 1 is 0.288 bits per heavy atom. The van der Waals surface area contributed by atoms with E-state index in [0.717, 1.165) is 77.0 Å².